The Morgan fingerprint density at radius 1 is 1.12 bits per heavy atom. The fourth-order valence-electron chi connectivity index (χ4n) is 2.74. The Morgan fingerprint density at radius 3 is 2.32 bits per heavy atom. The molecule has 1 heterocycles. The predicted octanol–water partition coefficient (Wildman–Crippen LogP) is 4.79. The van der Waals surface area contributed by atoms with Gasteiger partial charge in [-0.05, 0) is 29.8 Å². The van der Waals surface area contributed by atoms with E-state index in [0.717, 1.165) is 19.2 Å². The zero-order chi connectivity index (χ0) is 18.4. The van der Waals surface area contributed by atoms with Crippen molar-refractivity contribution in [3.63, 3.8) is 0 Å². The number of benzene rings is 2. The molecule has 0 bridgehead atoms. The van der Waals surface area contributed by atoms with Crippen LogP contribution in [0.5, 0.6) is 0 Å². The molecule has 0 fully saturated rings. The van der Waals surface area contributed by atoms with Crippen molar-refractivity contribution in [3.8, 4) is 11.1 Å². The summed E-state index contributed by atoms with van der Waals surface area (Å²) < 4.78 is 58.5. The Morgan fingerprint density at radius 2 is 1.76 bits per heavy atom. The molecule has 1 aromatic heterocycles. The minimum atomic E-state index is -4.42. The Hall–Kier alpha value is -2.83. The summed E-state index contributed by atoms with van der Waals surface area (Å²) in [5, 5.41) is 0.493. The summed E-state index contributed by atoms with van der Waals surface area (Å²) in [4.78, 5) is 11.6. The first-order chi connectivity index (χ1) is 11.7. The largest absolute Gasteiger partial charge is 0.465 e. The second kappa shape index (κ2) is 5.91. The van der Waals surface area contributed by atoms with Crippen LogP contribution < -0.4 is 0 Å². The van der Waals surface area contributed by atoms with E-state index in [1.54, 1.807) is 17.8 Å². The fourth-order valence-corrected chi connectivity index (χ4v) is 2.74. The molecule has 0 amide bonds. The number of methoxy groups -OCH3 is 1. The molecule has 2 aromatic carbocycles. The molecule has 0 aliphatic heterocycles. The van der Waals surface area contributed by atoms with E-state index < -0.39 is 23.5 Å². The molecule has 0 atom stereocenters. The summed E-state index contributed by atoms with van der Waals surface area (Å²) in [6, 6.07) is 7.19. The first-order valence-corrected chi connectivity index (χ1v) is 7.27. The van der Waals surface area contributed by atoms with Crippen molar-refractivity contribution in [2.24, 2.45) is 7.05 Å². The van der Waals surface area contributed by atoms with Crippen molar-refractivity contribution in [1.29, 1.82) is 0 Å². The summed E-state index contributed by atoms with van der Waals surface area (Å²) in [5.41, 5.74) is 0.702. The number of hydrogen-bond acceptors (Lipinski definition) is 2. The Kier molecular flexibility index (Phi) is 4.02. The van der Waals surface area contributed by atoms with E-state index in [1.165, 1.54) is 24.3 Å². The average Bonchev–Trinajstić information content (AvgIpc) is 2.88. The second-order valence-corrected chi connectivity index (χ2v) is 5.57. The minimum Gasteiger partial charge on any atom is -0.465 e. The molecule has 3 nitrogen and oxygen atoms in total. The third-order valence-corrected chi connectivity index (χ3v) is 4.01. The van der Waals surface area contributed by atoms with Crippen molar-refractivity contribution in [3.05, 3.63) is 59.5 Å². The van der Waals surface area contributed by atoms with E-state index in [1.807, 2.05) is 0 Å². The number of carbonyl (C=O) groups excluding carboxylic acids is 1. The summed E-state index contributed by atoms with van der Waals surface area (Å²) in [6.45, 7) is 0. The Bertz CT molecular complexity index is 956. The smallest absolute Gasteiger partial charge is 0.416 e. The molecular weight excluding hydrogens is 338 g/mol. The van der Waals surface area contributed by atoms with Gasteiger partial charge in [0.1, 0.15) is 5.82 Å². The number of aromatic nitrogens is 1. The second-order valence-electron chi connectivity index (χ2n) is 5.57. The maximum atomic E-state index is 14.2. The van der Waals surface area contributed by atoms with Crippen LogP contribution in [0.2, 0.25) is 0 Å². The monoisotopic (exact) mass is 351 g/mol. The number of alkyl halides is 3. The van der Waals surface area contributed by atoms with Crippen LogP contribution in [-0.4, -0.2) is 17.6 Å². The zero-order valence-electron chi connectivity index (χ0n) is 13.3. The van der Waals surface area contributed by atoms with E-state index in [4.69, 9.17) is 0 Å². The number of halogens is 4. The van der Waals surface area contributed by atoms with Crippen LogP contribution in [0.3, 0.4) is 0 Å². The molecule has 0 spiro atoms. The van der Waals surface area contributed by atoms with Crippen LogP contribution in [0, 0.1) is 5.82 Å². The van der Waals surface area contributed by atoms with Crippen LogP contribution in [-0.2, 0) is 18.0 Å². The van der Waals surface area contributed by atoms with Crippen LogP contribution in [0.1, 0.15) is 15.9 Å². The van der Waals surface area contributed by atoms with Gasteiger partial charge in [-0.1, -0.05) is 12.1 Å². The standard InChI is InChI=1S/C18H13F4NO2/c1-23-9-14(10-3-5-11(6-4-10)18(20,21)22)12-7-15(19)13(8-16(12)23)17(24)25-2/h3-9H,1-2H3. The summed E-state index contributed by atoms with van der Waals surface area (Å²) in [5.74, 6) is -1.55. The van der Waals surface area contributed by atoms with Gasteiger partial charge >= 0.3 is 12.1 Å². The molecule has 0 aliphatic carbocycles. The number of esters is 1. The molecule has 0 unspecified atom stereocenters. The van der Waals surface area contributed by atoms with Gasteiger partial charge in [0.25, 0.3) is 0 Å². The maximum Gasteiger partial charge on any atom is 0.416 e. The van der Waals surface area contributed by atoms with E-state index in [2.05, 4.69) is 4.74 Å². The predicted molar refractivity (Wildman–Crippen MR) is 84.7 cm³/mol. The lowest BCUT2D eigenvalue weighted by molar-refractivity contribution is -0.137. The van der Waals surface area contributed by atoms with Gasteiger partial charge in [-0.2, -0.15) is 13.2 Å². The third kappa shape index (κ3) is 2.97. The van der Waals surface area contributed by atoms with Crippen molar-refractivity contribution >= 4 is 16.9 Å². The molecular formula is C18H13F4NO2. The number of rotatable bonds is 2. The Balaban J connectivity index is 2.15. The average molecular weight is 351 g/mol. The van der Waals surface area contributed by atoms with Gasteiger partial charge < -0.3 is 9.30 Å². The van der Waals surface area contributed by atoms with Crippen molar-refractivity contribution in [2.75, 3.05) is 7.11 Å². The van der Waals surface area contributed by atoms with Crippen LogP contribution >= 0.6 is 0 Å². The van der Waals surface area contributed by atoms with E-state index in [-0.39, 0.29) is 5.56 Å². The van der Waals surface area contributed by atoms with E-state index in [9.17, 15) is 22.4 Å². The first kappa shape index (κ1) is 17.0. The van der Waals surface area contributed by atoms with Gasteiger partial charge in [-0.25, -0.2) is 9.18 Å². The van der Waals surface area contributed by atoms with Gasteiger partial charge in [-0.15, -0.1) is 0 Å². The number of hydrogen-bond donors (Lipinski definition) is 0. The van der Waals surface area contributed by atoms with Gasteiger partial charge in [-0.3, -0.25) is 0 Å². The number of aryl methyl sites for hydroxylation is 1. The number of carbonyl (C=O) groups is 1. The summed E-state index contributed by atoms with van der Waals surface area (Å²) in [7, 11) is 2.86. The van der Waals surface area contributed by atoms with Gasteiger partial charge in [0.2, 0.25) is 0 Å². The molecule has 0 aliphatic rings. The highest BCUT2D eigenvalue weighted by atomic mass is 19.4. The molecule has 130 valence electrons. The first-order valence-electron chi connectivity index (χ1n) is 7.27. The molecule has 25 heavy (non-hydrogen) atoms. The quantitative estimate of drug-likeness (QED) is 0.491. The molecule has 7 heteroatoms. The molecule has 3 rings (SSSR count). The molecule has 3 aromatic rings. The number of nitrogens with zero attached hydrogens (tertiary/aromatic N) is 1. The highest BCUT2D eigenvalue weighted by Gasteiger charge is 2.30. The number of fused-ring (bicyclic) bond motifs is 1. The fraction of sp³-hybridized carbons (Fsp3) is 0.167. The summed E-state index contributed by atoms with van der Waals surface area (Å²) in [6.07, 6.45) is -2.74. The van der Waals surface area contributed by atoms with E-state index in [0.29, 0.717) is 22.0 Å². The lowest BCUT2D eigenvalue weighted by Gasteiger charge is -2.07. The van der Waals surface area contributed by atoms with Crippen molar-refractivity contribution in [2.45, 2.75) is 6.18 Å². The molecule has 0 saturated carbocycles. The van der Waals surface area contributed by atoms with Crippen LogP contribution in [0.4, 0.5) is 17.6 Å². The molecule has 0 radical (unpaired) electrons. The van der Waals surface area contributed by atoms with Crippen molar-refractivity contribution in [1.82, 2.24) is 4.57 Å². The highest BCUT2D eigenvalue weighted by molar-refractivity contribution is 6.01. The molecule has 0 N–H and O–H groups in total. The van der Waals surface area contributed by atoms with E-state index >= 15 is 0 Å². The maximum absolute atomic E-state index is 14.2. The van der Waals surface area contributed by atoms with Gasteiger partial charge in [0, 0.05) is 29.7 Å². The van der Waals surface area contributed by atoms with Gasteiger partial charge in [0.05, 0.1) is 18.2 Å². The topological polar surface area (TPSA) is 31.2 Å². The lowest BCUT2D eigenvalue weighted by Crippen LogP contribution is -2.04. The highest BCUT2D eigenvalue weighted by Crippen LogP contribution is 2.35. The summed E-state index contributed by atoms with van der Waals surface area (Å²) >= 11 is 0. The van der Waals surface area contributed by atoms with Crippen LogP contribution in [0.25, 0.3) is 22.0 Å². The Labute approximate surface area is 140 Å². The van der Waals surface area contributed by atoms with Crippen molar-refractivity contribution < 1.29 is 27.1 Å². The molecule has 0 saturated heterocycles. The number of ether oxygens (including phenoxy) is 1. The minimum absolute atomic E-state index is 0.199. The normalized spacial score (nSPS) is 11.8. The third-order valence-electron chi connectivity index (χ3n) is 4.01. The van der Waals surface area contributed by atoms with Crippen LogP contribution in [0.15, 0.2) is 42.6 Å². The lowest BCUT2D eigenvalue weighted by atomic mass is 10.0. The SMILES string of the molecule is COC(=O)c1cc2c(cc1F)c(-c1ccc(C(F)(F)F)cc1)cn2C. The zero-order valence-corrected chi connectivity index (χ0v) is 13.3. The van der Waals surface area contributed by atoms with Gasteiger partial charge in [0.15, 0.2) is 0 Å².